The third kappa shape index (κ3) is 2.02. The first-order valence-electron chi connectivity index (χ1n) is 5.02. The summed E-state index contributed by atoms with van der Waals surface area (Å²) < 4.78 is 1.65. The van der Waals surface area contributed by atoms with Crippen molar-refractivity contribution in [1.29, 1.82) is 0 Å². The maximum Gasteiger partial charge on any atom is 0.268 e. The molecule has 0 spiro atoms. The molecule has 0 saturated carbocycles. The maximum absolute atomic E-state index is 12.2. The minimum atomic E-state index is -0.353. The lowest BCUT2D eigenvalue weighted by Gasteiger charge is -2.23. The molecule has 94 valence electrons. The highest BCUT2D eigenvalue weighted by molar-refractivity contribution is 8.13. The molecule has 1 aliphatic rings. The Labute approximate surface area is 119 Å². The van der Waals surface area contributed by atoms with Gasteiger partial charge in [0.25, 0.3) is 11.8 Å². The second-order valence-corrected chi connectivity index (χ2v) is 5.45. The van der Waals surface area contributed by atoms with Crippen molar-refractivity contribution in [1.82, 2.24) is 8.61 Å². The van der Waals surface area contributed by atoms with Gasteiger partial charge in [0, 0.05) is 12.5 Å². The summed E-state index contributed by atoms with van der Waals surface area (Å²) in [6, 6.07) is 6.75. The van der Waals surface area contributed by atoms with Crippen LogP contribution in [0, 0.1) is 0 Å². The number of nitrogens with zero attached hydrogens (tertiary/aromatic N) is 2. The fourth-order valence-electron chi connectivity index (χ4n) is 1.68. The van der Waals surface area contributed by atoms with Crippen molar-refractivity contribution in [3.63, 3.8) is 0 Å². The fraction of sp³-hybridized carbons (Fsp3) is 0.182. The molecule has 1 aliphatic heterocycles. The first-order chi connectivity index (χ1) is 8.61. The SMILES string of the molecule is CSN(SC)C(=S)N1C(=O)c2ccccc2C1=O. The number of carbonyl (C=O) groups excluding carboxylic acids is 2. The van der Waals surface area contributed by atoms with Crippen LogP contribution in [0.2, 0.25) is 0 Å². The smallest absolute Gasteiger partial charge is 0.268 e. The van der Waals surface area contributed by atoms with E-state index in [0.29, 0.717) is 11.1 Å². The average molecular weight is 298 g/mol. The average Bonchev–Trinajstić information content (AvgIpc) is 2.64. The highest BCUT2D eigenvalue weighted by Crippen LogP contribution is 2.27. The fourth-order valence-corrected chi connectivity index (χ4v) is 3.36. The summed E-state index contributed by atoms with van der Waals surface area (Å²) in [6.07, 6.45) is 3.67. The number of hydrogen-bond donors (Lipinski definition) is 0. The Morgan fingerprint density at radius 2 is 1.56 bits per heavy atom. The van der Waals surface area contributed by atoms with Gasteiger partial charge in [0.1, 0.15) is 0 Å². The van der Waals surface area contributed by atoms with Crippen molar-refractivity contribution in [2.45, 2.75) is 0 Å². The highest BCUT2D eigenvalue weighted by atomic mass is 32.2. The second kappa shape index (κ2) is 5.29. The van der Waals surface area contributed by atoms with E-state index < -0.39 is 0 Å². The zero-order valence-corrected chi connectivity index (χ0v) is 12.2. The van der Waals surface area contributed by atoms with Gasteiger partial charge in [-0.2, -0.15) is 0 Å². The molecule has 4 nitrogen and oxygen atoms in total. The molecule has 0 bridgehead atoms. The number of fused-ring (bicyclic) bond motifs is 1. The van der Waals surface area contributed by atoms with E-state index in [0.717, 1.165) is 4.90 Å². The molecule has 0 aromatic heterocycles. The van der Waals surface area contributed by atoms with Gasteiger partial charge >= 0.3 is 0 Å². The van der Waals surface area contributed by atoms with Gasteiger partial charge in [-0.25, -0.2) is 8.61 Å². The summed E-state index contributed by atoms with van der Waals surface area (Å²) in [4.78, 5) is 25.4. The van der Waals surface area contributed by atoms with E-state index in [4.69, 9.17) is 12.2 Å². The molecule has 2 rings (SSSR count). The van der Waals surface area contributed by atoms with E-state index in [1.165, 1.54) is 23.9 Å². The molecule has 1 aromatic rings. The van der Waals surface area contributed by atoms with E-state index in [1.807, 2.05) is 12.5 Å². The summed E-state index contributed by atoms with van der Waals surface area (Å²) in [5.74, 6) is -0.706. The van der Waals surface area contributed by atoms with E-state index in [9.17, 15) is 9.59 Å². The molecule has 2 amide bonds. The topological polar surface area (TPSA) is 40.6 Å². The van der Waals surface area contributed by atoms with Crippen molar-refractivity contribution in [2.75, 3.05) is 12.5 Å². The van der Waals surface area contributed by atoms with E-state index in [-0.39, 0.29) is 16.9 Å². The first kappa shape index (κ1) is 13.4. The summed E-state index contributed by atoms with van der Waals surface area (Å²) in [7, 11) is 0. The normalized spacial score (nSPS) is 13.8. The highest BCUT2D eigenvalue weighted by Gasteiger charge is 2.39. The number of thiocarbonyl (C=S) groups is 1. The summed E-state index contributed by atoms with van der Waals surface area (Å²) in [5, 5.41) is 0.209. The lowest BCUT2D eigenvalue weighted by atomic mass is 10.1. The Hall–Kier alpha value is -1.05. The van der Waals surface area contributed by atoms with Crippen LogP contribution in [0.1, 0.15) is 20.7 Å². The molecule has 1 heterocycles. The number of amides is 2. The van der Waals surface area contributed by atoms with Gasteiger partial charge in [0.2, 0.25) is 5.11 Å². The predicted octanol–water partition coefficient (Wildman–Crippen LogP) is 2.43. The largest absolute Gasteiger partial charge is 0.268 e. The van der Waals surface area contributed by atoms with Gasteiger partial charge in [0.15, 0.2) is 0 Å². The van der Waals surface area contributed by atoms with Gasteiger partial charge < -0.3 is 0 Å². The summed E-state index contributed by atoms with van der Waals surface area (Å²) >= 11 is 7.92. The van der Waals surface area contributed by atoms with Crippen molar-refractivity contribution in [3.05, 3.63) is 35.4 Å². The third-order valence-corrected chi connectivity index (χ3v) is 4.97. The van der Waals surface area contributed by atoms with Crippen LogP contribution in [0.25, 0.3) is 0 Å². The van der Waals surface area contributed by atoms with Crippen LogP contribution < -0.4 is 0 Å². The Kier molecular flexibility index (Phi) is 3.94. The van der Waals surface area contributed by atoms with Crippen molar-refractivity contribution >= 4 is 53.0 Å². The minimum absolute atomic E-state index is 0.209. The van der Waals surface area contributed by atoms with Gasteiger partial charge in [0.05, 0.1) is 11.1 Å². The predicted molar refractivity (Wildman–Crippen MR) is 78.4 cm³/mol. The monoisotopic (exact) mass is 298 g/mol. The number of imide groups is 1. The van der Waals surface area contributed by atoms with Crippen molar-refractivity contribution in [2.24, 2.45) is 0 Å². The molecular formula is C11H10N2O2S3. The molecule has 1 aromatic carbocycles. The molecular weight excluding hydrogens is 288 g/mol. The molecule has 0 fully saturated rings. The third-order valence-electron chi connectivity index (χ3n) is 2.47. The number of carbonyl (C=O) groups is 2. The van der Waals surface area contributed by atoms with Crippen LogP contribution in [-0.4, -0.2) is 38.0 Å². The summed E-state index contributed by atoms with van der Waals surface area (Å²) in [6.45, 7) is 0. The maximum atomic E-state index is 12.2. The van der Waals surface area contributed by atoms with Crippen LogP contribution >= 0.6 is 36.1 Å². The molecule has 0 unspecified atom stereocenters. The van der Waals surface area contributed by atoms with Crippen LogP contribution in [0.3, 0.4) is 0 Å². The van der Waals surface area contributed by atoms with Crippen molar-refractivity contribution in [3.8, 4) is 0 Å². The molecule has 0 radical (unpaired) electrons. The van der Waals surface area contributed by atoms with Gasteiger partial charge in [-0.1, -0.05) is 12.1 Å². The Balaban J connectivity index is 2.37. The Morgan fingerprint density at radius 1 is 1.11 bits per heavy atom. The molecule has 0 atom stereocenters. The lowest BCUT2D eigenvalue weighted by molar-refractivity contribution is 0.0746. The molecule has 0 aliphatic carbocycles. The zero-order chi connectivity index (χ0) is 13.3. The van der Waals surface area contributed by atoms with Crippen LogP contribution in [-0.2, 0) is 0 Å². The van der Waals surface area contributed by atoms with Crippen LogP contribution in [0.4, 0.5) is 0 Å². The zero-order valence-electron chi connectivity index (χ0n) is 9.75. The molecule has 0 N–H and O–H groups in total. The van der Waals surface area contributed by atoms with Crippen molar-refractivity contribution < 1.29 is 9.59 Å². The van der Waals surface area contributed by atoms with Crippen LogP contribution in [0.5, 0.6) is 0 Å². The summed E-state index contributed by atoms with van der Waals surface area (Å²) in [5.41, 5.74) is 0.819. The Morgan fingerprint density at radius 3 is 1.94 bits per heavy atom. The van der Waals surface area contributed by atoms with E-state index in [2.05, 4.69) is 0 Å². The lowest BCUT2D eigenvalue weighted by Crippen LogP contribution is -2.40. The number of hydrogen-bond acceptors (Lipinski definition) is 5. The standard InChI is InChI=1S/C11H10N2O2S3/c1-17-13(18-2)11(16)12-9(14)7-5-3-4-6-8(7)10(12)15/h3-6H,1-2H3. The van der Waals surface area contributed by atoms with Gasteiger partial charge in [-0.05, 0) is 48.2 Å². The molecule has 0 saturated heterocycles. The van der Waals surface area contributed by atoms with Gasteiger partial charge in [-0.3, -0.25) is 9.59 Å². The van der Waals surface area contributed by atoms with E-state index in [1.54, 1.807) is 28.0 Å². The van der Waals surface area contributed by atoms with E-state index >= 15 is 0 Å². The van der Waals surface area contributed by atoms with Gasteiger partial charge in [-0.15, -0.1) is 0 Å². The molecule has 7 heteroatoms. The Bertz CT molecular complexity index is 494. The minimum Gasteiger partial charge on any atom is -0.268 e. The quantitative estimate of drug-likeness (QED) is 0.474. The number of benzene rings is 1. The first-order valence-corrected chi connectivity index (χ1v) is 7.79. The molecule has 18 heavy (non-hydrogen) atoms. The van der Waals surface area contributed by atoms with Crippen LogP contribution in [0.15, 0.2) is 24.3 Å². The number of rotatable bonds is 2. The second-order valence-electron chi connectivity index (χ2n) is 3.40.